The lowest BCUT2D eigenvalue weighted by Gasteiger charge is -2.17. The van der Waals surface area contributed by atoms with Crippen molar-refractivity contribution in [2.24, 2.45) is 5.73 Å². The molecule has 1 aliphatic carbocycles. The number of carbonyl (C=O) groups excluding carboxylic acids is 1. The average Bonchev–Trinajstić information content (AvgIpc) is 3.62. The minimum Gasteiger partial charge on any atom is -0.487 e. The van der Waals surface area contributed by atoms with Crippen LogP contribution >= 0.6 is 11.6 Å². The molecule has 2 aromatic carbocycles. The molecule has 5 rings (SSSR count). The Hall–Kier alpha value is -4.31. The molecule has 0 radical (unpaired) electrons. The number of fused-ring (bicyclic) bond motifs is 1. The highest BCUT2D eigenvalue weighted by Gasteiger charge is 2.47. The van der Waals surface area contributed by atoms with Crippen LogP contribution in [0, 0.1) is 0 Å². The van der Waals surface area contributed by atoms with Crippen molar-refractivity contribution in [3.63, 3.8) is 0 Å². The fraction of sp³-hybridized carbons (Fsp3) is 0.200. The fourth-order valence-corrected chi connectivity index (χ4v) is 3.87. The van der Waals surface area contributed by atoms with Gasteiger partial charge in [-0.2, -0.15) is 0 Å². The highest BCUT2D eigenvalue weighted by atomic mass is 35.5. The molecule has 5 N–H and O–H groups in total. The number of primary amides is 1. The second-order valence-electron chi connectivity index (χ2n) is 8.40. The molecule has 1 amide bonds. The van der Waals surface area contributed by atoms with Crippen LogP contribution in [0.1, 0.15) is 18.5 Å². The summed E-state index contributed by atoms with van der Waals surface area (Å²) in [6.07, 6.45) is 3.71. The summed E-state index contributed by atoms with van der Waals surface area (Å²) in [5, 5.41) is 4.39. The van der Waals surface area contributed by atoms with Gasteiger partial charge in [-0.3, -0.25) is 4.98 Å². The Balaban J connectivity index is 1.30. The second kappa shape index (κ2) is 9.74. The summed E-state index contributed by atoms with van der Waals surface area (Å²) in [7, 11) is 0. The monoisotopic (exact) mass is 506 g/mol. The van der Waals surface area contributed by atoms with E-state index in [1.54, 1.807) is 30.5 Å². The van der Waals surface area contributed by atoms with E-state index in [2.05, 4.69) is 20.3 Å². The highest BCUT2D eigenvalue weighted by Crippen LogP contribution is 2.41. The van der Waals surface area contributed by atoms with Crippen LogP contribution in [0.3, 0.4) is 0 Å². The zero-order chi connectivity index (χ0) is 25.1. The number of nitrogen functional groups attached to an aromatic ring is 1. The SMILES string of the molecule is NC(=O)OC1(COc2cc3ncnc(Nc4ccc(OCc5ccccn5)c(Cl)c4)c3cc2N)CC1. The van der Waals surface area contributed by atoms with Crippen LogP contribution < -0.4 is 26.3 Å². The highest BCUT2D eigenvalue weighted by molar-refractivity contribution is 6.32. The van der Waals surface area contributed by atoms with E-state index in [1.165, 1.54) is 6.33 Å². The van der Waals surface area contributed by atoms with Crippen molar-refractivity contribution in [1.29, 1.82) is 0 Å². The van der Waals surface area contributed by atoms with E-state index >= 15 is 0 Å². The van der Waals surface area contributed by atoms with E-state index in [0.717, 1.165) is 5.69 Å². The number of halogens is 1. The number of rotatable bonds is 9. The third-order valence-corrected chi connectivity index (χ3v) is 5.97. The van der Waals surface area contributed by atoms with E-state index in [4.69, 9.17) is 37.3 Å². The Morgan fingerprint density at radius 1 is 1.06 bits per heavy atom. The van der Waals surface area contributed by atoms with Gasteiger partial charge >= 0.3 is 6.09 Å². The molecule has 0 saturated heterocycles. The molecule has 10 nitrogen and oxygen atoms in total. The number of anilines is 3. The van der Waals surface area contributed by atoms with Gasteiger partial charge in [-0.15, -0.1) is 0 Å². The van der Waals surface area contributed by atoms with Crippen LogP contribution in [-0.2, 0) is 11.3 Å². The number of amides is 1. The first kappa shape index (κ1) is 23.4. The summed E-state index contributed by atoms with van der Waals surface area (Å²) in [4.78, 5) is 24.0. The predicted molar refractivity (Wildman–Crippen MR) is 135 cm³/mol. The number of nitrogens with one attached hydrogen (secondary N) is 1. The first-order valence-electron chi connectivity index (χ1n) is 11.2. The van der Waals surface area contributed by atoms with Gasteiger partial charge in [0.2, 0.25) is 0 Å². The molecule has 2 aromatic heterocycles. The lowest BCUT2D eigenvalue weighted by Crippen LogP contribution is -2.29. The maximum atomic E-state index is 11.1. The summed E-state index contributed by atoms with van der Waals surface area (Å²) in [6.45, 7) is 0.471. The lowest BCUT2D eigenvalue weighted by molar-refractivity contribution is 0.0549. The number of benzene rings is 2. The number of ether oxygens (including phenoxy) is 3. The maximum absolute atomic E-state index is 11.1. The molecule has 0 aliphatic heterocycles. The van der Waals surface area contributed by atoms with Crippen molar-refractivity contribution < 1.29 is 19.0 Å². The number of nitrogens with two attached hydrogens (primary N) is 2. The van der Waals surface area contributed by atoms with Gasteiger partial charge in [0.05, 0.1) is 21.9 Å². The van der Waals surface area contributed by atoms with Gasteiger partial charge in [0, 0.05) is 23.3 Å². The minimum atomic E-state index is -0.820. The molecule has 2 heterocycles. The molecule has 0 spiro atoms. The second-order valence-corrected chi connectivity index (χ2v) is 8.81. The van der Waals surface area contributed by atoms with E-state index in [-0.39, 0.29) is 6.61 Å². The third-order valence-electron chi connectivity index (χ3n) is 5.68. The molecule has 1 aliphatic rings. The molecular weight excluding hydrogens is 484 g/mol. The Labute approximate surface area is 211 Å². The molecule has 0 unspecified atom stereocenters. The summed E-state index contributed by atoms with van der Waals surface area (Å²) >= 11 is 6.44. The van der Waals surface area contributed by atoms with Crippen LogP contribution in [0.15, 0.2) is 61.1 Å². The Morgan fingerprint density at radius 3 is 2.64 bits per heavy atom. The van der Waals surface area contributed by atoms with Gasteiger partial charge in [-0.25, -0.2) is 14.8 Å². The Bertz CT molecular complexity index is 1410. The summed E-state index contributed by atoms with van der Waals surface area (Å²) < 4.78 is 16.8. The van der Waals surface area contributed by atoms with Gasteiger partial charge in [-0.1, -0.05) is 17.7 Å². The van der Waals surface area contributed by atoms with Crippen molar-refractivity contribution in [2.45, 2.75) is 25.0 Å². The largest absolute Gasteiger partial charge is 0.487 e. The predicted octanol–water partition coefficient (Wildman–Crippen LogP) is 4.59. The van der Waals surface area contributed by atoms with Crippen molar-refractivity contribution in [3.8, 4) is 11.5 Å². The zero-order valence-corrected chi connectivity index (χ0v) is 19.9. The molecule has 36 heavy (non-hydrogen) atoms. The van der Waals surface area contributed by atoms with Crippen LogP contribution in [0.2, 0.25) is 5.02 Å². The molecule has 4 aromatic rings. The van der Waals surface area contributed by atoms with Crippen LogP contribution in [0.5, 0.6) is 11.5 Å². The van der Waals surface area contributed by atoms with Crippen molar-refractivity contribution in [2.75, 3.05) is 17.7 Å². The molecule has 0 bridgehead atoms. The van der Waals surface area contributed by atoms with Crippen LogP contribution in [0.4, 0.5) is 22.0 Å². The quantitative estimate of drug-likeness (QED) is 0.277. The smallest absolute Gasteiger partial charge is 0.405 e. The van der Waals surface area contributed by atoms with E-state index in [9.17, 15) is 4.79 Å². The minimum absolute atomic E-state index is 0.162. The van der Waals surface area contributed by atoms with Crippen molar-refractivity contribution in [3.05, 3.63) is 71.8 Å². The lowest BCUT2D eigenvalue weighted by atomic mass is 10.2. The number of hydrogen-bond donors (Lipinski definition) is 3. The van der Waals surface area contributed by atoms with Crippen LogP contribution in [0.25, 0.3) is 10.9 Å². The van der Waals surface area contributed by atoms with Gasteiger partial charge < -0.3 is 31.0 Å². The first-order chi connectivity index (χ1) is 17.4. The molecular formula is C25H23ClN6O4. The van der Waals surface area contributed by atoms with E-state index in [1.807, 2.05) is 24.3 Å². The van der Waals surface area contributed by atoms with Crippen LogP contribution in [-0.4, -0.2) is 33.3 Å². The fourth-order valence-electron chi connectivity index (χ4n) is 3.63. The number of aromatic nitrogens is 3. The maximum Gasteiger partial charge on any atom is 0.405 e. The molecule has 1 saturated carbocycles. The van der Waals surface area contributed by atoms with E-state index in [0.29, 0.717) is 64.1 Å². The average molecular weight is 507 g/mol. The Kier molecular flexibility index (Phi) is 6.34. The van der Waals surface area contributed by atoms with Crippen molar-refractivity contribution >= 4 is 45.8 Å². The van der Waals surface area contributed by atoms with Gasteiger partial charge in [0.1, 0.15) is 42.5 Å². The van der Waals surface area contributed by atoms with E-state index < -0.39 is 11.7 Å². The number of pyridine rings is 1. The summed E-state index contributed by atoms with van der Waals surface area (Å²) in [5.41, 5.74) is 13.2. The third kappa shape index (κ3) is 5.33. The first-order valence-corrected chi connectivity index (χ1v) is 11.5. The standard InChI is InChI=1S/C25H23ClN6O4/c26-18-9-15(4-5-21(18)34-12-16-3-1-2-8-29-16)32-23-17-10-19(27)22(11-20(17)30-14-31-23)35-13-25(6-7-25)36-24(28)33/h1-5,8-11,14H,6-7,12-13,27H2,(H2,28,33)(H,30,31,32). The zero-order valence-electron chi connectivity index (χ0n) is 19.1. The molecule has 184 valence electrons. The number of carbonyl (C=O) groups is 1. The molecule has 1 fully saturated rings. The molecule has 11 heteroatoms. The normalized spacial score (nSPS) is 13.7. The number of hydrogen-bond acceptors (Lipinski definition) is 9. The van der Waals surface area contributed by atoms with Gasteiger partial charge in [0.15, 0.2) is 0 Å². The summed E-state index contributed by atoms with van der Waals surface area (Å²) in [6, 6.07) is 14.4. The summed E-state index contributed by atoms with van der Waals surface area (Å²) in [5.74, 6) is 1.52. The topological polar surface area (TPSA) is 148 Å². The van der Waals surface area contributed by atoms with Gasteiger partial charge in [0.25, 0.3) is 0 Å². The molecule has 0 atom stereocenters. The van der Waals surface area contributed by atoms with Gasteiger partial charge in [-0.05, 0) is 49.2 Å². The Morgan fingerprint density at radius 2 is 1.92 bits per heavy atom. The number of nitrogens with zero attached hydrogens (tertiary/aromatic N) is 3. The van der Waals surface area contributed by atoms with Crippen molar-refractivity contribution in [1.82, 2.24) is 15.0 Å².